The van der Waals surface area contributed by atoms with Crippen molar-refractivity contribution in [2.75, 3.05) is 17.1 Å². The molecule has 7 nitrogen and oxygen atoms in total. The van der Waals surface area contributed by atoms with E-state index in [1.807, 2.05) is 95.3 Å². The zero-order valence-electron chi connectivity index (χ0n) is 23.6. The zero-order valence-corrected chi connectivity index (χ0v) is 24.5. The summed E-state index contributed by atoms with van der Waals surface area (Å²) in [6.45, 7) is 9.21. The van der Waals surface area contributed by atoms with Crippen LogP contribution in [0.4, 0.5) is 5.69 Å². The molecule has 1 atom stereocenters. The van der Waals surface area contributed by atoms with Gasteiger partial charge in [0, 0.05) is 19.0 Å². The molecule has 3 aromatic carbocycles. The molecule has 0 bridgehead atoms. The van der Waals surface area contributed by atoms with Gasteiger partial charge in [0.2, 0.25) is 21.8 Å². The van der Waals surface area contributed by atoms with E-state index in [0.29, 0.717) is 12.1 Å². The molecule has 2 amide bonds. The molecule has 0 fully saturated rings. The van der Waals surface area contributed by atoms with Crippen LogP contribution in [0.2, 0.25) is 0 Å². The van der Waals surface area contributed by atoms with Crippen LogP contribution in [0.15, 0.2) is 72.8 Å². The zero-order chi connectivity index (χ0) is 28.7. The summed E-state index contributed by atoms with van der Waals surface area (Å²) < 4.78 is 27.0. The van der Waals surface area contributed by atoms with E-state index in [-0.39, 0.29) is 18.5 Å². The van der Waals surface area contributed by atoms with Gasteiger partial charge in [-0.1, -0.05) is 60.7 Å². The van der Waals surface area contributed by atoms with E-state index in [4.69, 9.17) is 0 Å². The van der Waals surface area contributed by atoms with Crippen LogP contribution in [0.25, 0.3) is 0 Å². The van der Waals surface area contributed by atoms with E-state index < -0.39 is 28.5 Å². The molecule has 0 heterocycles. The van der Waals surface area contributed by atoms with Gasteiger partial charge in [-0.05, 0) is 74.6 Å². The van der Waals surface area contributed by atoms with Gasteiger partial charge in [-0.3, -0.25) is 13.9 Å². The molecule has 208 valence electrons. The molecule has 0 aromatic heterocycles. The topological polar surface area (TPSA) is 86.8 Å². The third-order valence-corrected chi connectivity index (χ3v) is 7.62. The molecule has 39 heavy (non-hydrogen) atoms. The van der Waals surface area contributed by atoms with Gasteiger partial charge in [0.25, 0.3) is 0 Å². The maximum atomic E-state index is 14.1. The monoisotopic (exact) mass is 549 g/mol. The van der Waals surface area contributed by atoms with Crippen LogP contribution < -0.4 is 9.62 Å². The number of carbonyl (C=O) groups is 2. The second-order valence-corrected chi connectivity index (χ2v) is 12.3. The number of amides is 2. The van der Waals surface area contributed by atoms with E-state index in [9.17, 15) is 18.0 Å². The van der Waals surface area contributed by atoms with Gasteiger partial charge >= 0.3 is 0 Å². The maximum absolute atomic E-state index is 14.1. The van der Waals surface area contributed by atoms with Crippen LogP contribution in [-0.2, 0) is 32.6 Å². The molecule has 3 rings (SSSR count). The highest BCUT2D eigenvalue weighted by molar-refractivity contribution is 7.92. The number of anilines is 1. The van der Waals surface area contributed by atoms with Crippen LogP contribution in [0.3, 0.4) is 0 Å². The average molecular weight is 550 g/mol. The molecule has 0 aliphatic carbocycles. The van der Waals surface area contributed by atoms with Gasteiger partial charge in [-0.15, -0.1) is 0 Å². The number of hydrogen-bond acceptors (Lipinski definition) is 4. The number of carbonyl (C=O) groups excluding carboxylic acids is 2. The van der Waals surface area contributed by atoms with Crippen molar-refractivity contribution in [3.63, 3.8) is 0 Å². The molecule has 0 aliphatic heterocycles. The van der Waals surface area contributed by atoms with E-state index in [1.165, 1.54) is 4.90 Å². The summed E-state index contributed by atoms with van der Waals surface area (Å²) in [5.41, 5.74) is 4.97. The predicted octanol–water partition coefficient (Wildman–Crippen LogP) is 4.54. The molecular weight excluding hydrogens is 510 g/mol. The molecule has 0 spiro atoms. The molecule has 8 heteroatoms. The standard InChI is InChI=1S/C31H39N3O4S/c1-22(2)32-31(36)29(19-26-13-8-7-9-14-26)33(20-27-15-11-10-12-25(27)5)30(35)21-34(39(6,37)38)28-17-23(3)16-24(4)18-28/h7-18,22,29H,19-21H2,1-6H3,(H,32,36). The Hall–Kier alpha value is -3.65. The summed E-state index contributed by atoms with van der Waals surface area (Å²) >= 11 is 0. The smallest absolute Gasteiger partial charge is 0.244 e. The second kappa shape index (κ2) is 12.9. The molecule has 0 saturated carbocycles. The number of nitrogens with one attached hydrogen (secondary N) is 1. The van der Waals surface area contributed by atoms with Crippen LogP contribution >= 0.6 is 0 Å². The molecule has 1 unspecified atom stereocenters. The summed E-state index contributed by atoms with van der Waals surface area (Å²) in [4.78, 5) is 29.2. The van der Waals surface area contributed by atoms with Crippen molar-refractivity contribution in [3.05, 3.63) is 101 Å². The van der Waals surface area contributed by atoms with Gasteiger partial charge in [-0.25, -0.2) is 8.42 Å². The summed E-state index contributed by atoms with van der Waals surface area (Å²) in [5.74, 6) is -0.740. The molecule has 1 N–H and O–H groups in total. The van der Waals surface area contributed by atoms with Crippen LogP contribution in [0.1, 0.15) is 41.7 Å². The lowest BCUT2D eigenvalue weighted by molar-refractivity contribution is -0.140. The van der Waals surface area contributed by atoms with Crippen LogP contribution in [0.5, 0.6) is 0 Å². The third-order valence-electron chi connectivity index (χ3n) is 6.48. The highest BCUT2D eigenvalue weighted by Crippen LogP contribution is 2.23. The lowest BCUT2D eigenvalue weighted by Gasteiger charge is -2.34. The van der Waals surface area contributed by atoms with Gasteiger partial charge in [0.05, 0.1) is 11.9 Å². The van der Waals surface area contributed by atoms with Crippen molar-refractivity contribution in [2.24, 2.45) is 0 Å². The minimum absolute atomic E-state index is 0.131. The lowest BCUT2D eigenvalue weighted by Crippen LogP contribution is -2.54. The Balaban J connectivity index is 2.08. The Bertz CT molecular complexity index is 1380. The van der Waals surface area contributed by atoms with Crippen LogP contribution in [0, 0.1) is 20.8 Å². The van der Waals surface area contributed by atoms with Crippen LogP contribution in [-0.4, -0.2) is 50.0 Å². The van der Waals surface area contributed by atoms with Gasteiger partial charge in [-0.2, -0.15) is 0 Å². The van der Waals surface area contributed by atoms with Crippen molar-refractivity contribution in [1.29, 1.82) is 0 Å². The van der Waals surface area contributed by atoms with E-state index in [0.717, 1.165) is 38.4 Å². The number of benzene rings is 3. The molecular formula is C31H39N3O4S. The Morgan fingerprint density at radius 3 is 2.03 bits per heavy atom. The third kappa shape index (κ3) is 8.42. The largest absolute Gasteiger partial charge is 0.352 e. The molecule has 0 aliphatic rings. The summed E-state index contributed by atoms with van der Waals surface area (Å²) in [6.07, 6.45) is 1.38. The number of hydrogen-bond donors (Lipinski definition) is 1. The van der Waals surface area contributed by atoms with E-state index in [1.54, 1.807) is 12.1 Å². The Morgan fingerprint density at radius 2 is 1.46 bits per heavy atom. The first-order valence-corrected chi connectivity index (χ1v) is 14.9. The normalized spacial score (nSPS) is 12.2. The predicted molar refractivity (Wildman–Crippen MR) is 157 cm³/mol. The minimum atomic E-state index is -3.80. The lowest BCUT2D eigenvalue weighted by atomic mass is 10.0. The van der Waals surface area contributed by atoms with Crippen molar-refractivity contribution in [2.45, 2.75) is 59.7 Å². The fourth-order valence-electron chi connectivity index (χ4n) is 4.61. The van der Waals surface area contributed by atoms with Crippen molar-refractivity contribution in [1.82, 2.24) is 10.2 Å². The number of aryl methyl sites for hydroxylation is 3. The summed E-state index contributed by atoms with van der Waals surface area (Å²) in [5, 5.41) is 2.96. The van der Waals surface area contributed by atoms with Crippen molar-refractivity contribution in [3.8, 4) is 0 Å². The Labute approximate surface area is 232 Å². The number of sulfonamides is 1. The van der Waals surface area contributed by atoms with E-state index >= 15 is 0 Å². The Morgan fingerprint density at radius 1 is 0.872 bits per heavy atom. The number of nitrogens with zero attached hydrogens (tertiary/aromatic N) is 2. The minimum Gasteiger partial charge on any atom is -0.352 e. The molecule has 3 aromatic rings. The Kier molecular flexibility index (Phi) is 9.92. The van der Waals surface area contributed by atoms with Crippen molar-refractivity contribution < 1.29 is 18.0 Å². The highest BCUT2D eigenvalue weighted by Gasteiger charge is 2.33. The fourth-order valence-corrected chi connectivity index (χ4v) is 5.45. The fraction of sp³-hybridized carbons (Fsp3) is 0.355. The van der Waals surface area contributed by atoms with Gasteiger partial charge in [0.15, 0.2) is 0 Å². The SMILES string of the molecule is Cc1cc(C)cc(N(CC(=O)N(Cc2ccccc2C)C(Cc2ccccc2)C(=O)NC(C)C)S(C)(=O)=O)c1. The summed E-state index contributed by atoms with van der Waals surface area (Å²) in [7, 11) is -3.80. The first kappa shape index (κ1) is 29.9. The first-order valence-electron chi connectivity index (χ1n) is 13.1. The number of rotatable bonds is 11. The first-order chi connectivity index (χ1) is 18.3. The second-order valence-electron chi connectivity index (χ2n) is 10.4. The van der Waals surface area contributed by atoms with Gasteiger partial charge < -0.3 is 10.2 Å². The molecule has 0 radical (unpaired) electrons. The van der Waals surface area contributed by atoms with Crippen molar-refractivity contribution >= 4 is 27.5 Å². The highest BCUT2D eigenvalue weighted by atomic mass is 32.2. The quantitative estimate of drug-likeness (QED) is 0.380. The van der Waals surface area contributed by atoms with E-state index in [2.05, 4.69) is 5.32 Å². The maximum Gasteiger partial charge on any atom is 0.244 e. The molecule has 0 saturated heterocycles. The summed E-state index contributed by atoms with van der Waals surface area (Å²) in [6, 6.07) is 21.7. The van der Waals surface area contributed by atoms with Gasteiger partial charge in [0.1, 0.15) is 12.6 Å². The average Bonchev–Trinajstić information content (AvgIpc) is 2.84.